The van der Waals surface area contributed by atoms with E-state index in [1.54, 1.807) is 7.11 Å². The Morgan fingerprint density at radius 2 is 1.37 bits per heavy atom. The Kier molecular flexibility index (Phi) is 14.7. The van der Waals surface area contributed by atoms with Crippen molar-refractivity contribution in [2.24, 2.45) is 52.3 Å². The van der Waals surface area contributed by atoms with Gasteiger partial charge in [0.25, 0.3) is 0 Å². The van der Waals surface area contributed by atoms with E-state index in [0.717, 1.165) is 57.8 Å². The molecule has 26 unspecified atom stereocenters. The number of aliphatic hydroxyl groups excluding tert-OH is 10. The van der Waals surface area contributed by atoms with E-state index >= 15 is 0 Å². The molecule has 0 amide bonds. The summed E-state index contributed by atoms with van der Waals surface area (Å²) in [4.78, 5) is 0. The molecule has 4 saturated heterocycles. The van der Waals surface area contributed by atoms with Crippen LogP contribution in [-0.2, 0) is 37.9 Å². The van der Waals surface area contributed by atoms with Crippen molar-refractivity contribution in [2.75, 3.05) is 33.5 Å². The highest BCUT2D eigenvalue weighted by molar-refractivity contribution is 5.15. The van der Waals surface area contributed by atoms with Crippen LogP contribution in [0, 0.1) is 52.3 Å². The van der Waals surface area contributed by atoms with E-state index < -0.39 is 105 Å². The van der Waals surface area contributed by atoms with Crippen LogP contribution in [0.2, 0.25) is 0 Å². The largest absolute Gasteiger partial charge is 0.394 e. The lowest BCUT2D eigenvalue weighted by atomic mass is 9.44. The van der Waals surface area contributed by atoms with Gasteiger partial charge < -0.3 is 89.0 Å². The smallest absolute Gasteiger partial charge is 0.187 e. The summed E-state index contributed by atoms with van der Waals surface area (Å²) < 4.78 is 48.7. The molecule has 364 valence electrons. The van der Waals surface area contributed by atoms with Gasteiger partial charge in [-0.3, -0.25) is 0 Å². The SMILES string of the molecule is COC1(CCC(C)COC2OC(CO)C(O)C(O)C2O)OC2CC3C4CCC5CC(OC6OC(CO)C(O)C(O)C6OC6OCC(O)C(O)C6O)CCC5(C)C4CCC3(C)C2C1C. The lowest BCUT2D eigenvalue weighted by Crippen LogP contribution is -2.63. The van der Waals surface area contributed by atoms with Crippen LogP contribution in [0.15, 0.2) is 0 Å². The van der Waals surface area contributed by atoms with Crippen LogP contribution < -0.4 is 0 Å². The van der Waals surface area contributed by atoms with Gasteiger partial charge in [-0.25, -0.2) is 0 Å². The number of hydrogen-bond donors (Lipinski definition) is 10. The van der Waals surface area contributed by atoms with Crippen LogP contribution in [0.3, 0.4) is 0 Å². The van der Waals surface area contributed by atoms with Crippen molar-refractivity contribution >= 4 is 0 Å². The van der Waals surface area contributed by atoms with E-state index in [9.17, 15) is 51.1 Å². The summed E-state index contributed by atoms with van der Waals surface area (Å²) >= 11 is 0. The van der Waals surface area contributed by atoms with Gasteiger partial charge in [0.05, 0.1) is 38.6 Å². The molecule has 8 rings (SSSR count). The molecule has 4 saturated carbocycles. The third kappa shape index (κ3) is 8.60. The van der Waals surface area contributed by atoms with Crippen LogP contribution in [0.5, 0.6) is 0 Å². The molecule has 0 aromatic carbocycles. The van der Waals surface area contributed by atoms with Gasteiger partial charge in [0.1, 0.15) is 67.1 Å². The Balaban J connectivity index is 0.875. The number of ether oxygens (including phenoxy) is 8. The lowest BCUT2D eigenvalue weighted by Gasteiger charge is -2.61. The van der Waals surface area contributed by atoms with Crippen LogP contribution in [-0.4, -0.2) is 189 Å². The van der Waals surface area contributed by atoms with Crippen molar-refractivity contribution in [3.05, 3.63) is 0 Å². The Morgan fingerprint density at radius 3 is 2.06 bits per heavy atom. The Labute approximate surface area is 370 Å². The van der Waals surface area contributed by atoms with E-state index in [-0.39, 0.29) is 48.1 Å². The van der Waals surface area contributed by atoms with Gasteiger partial charge in [0, 0.05) is 19.4 Å². The molecule has 4 aliphatic carbocycles. The summed E-state index contributed by atoms with van der Waals surface area (Å²) in [5.41, 5.74) is 0.195. The minimum atomic E-state index is -1.62. The first kappa shape index (κ1) is 48.7. The fraction of sp³-hybridized carbons (Fsp3) is 1.00. The van der Waals surface area contributed by atoms with Crippen molar-refractivity contribution < 1.29 is 89.0 Å². The quantitative estimate of drug-likeness (QED) is 0.105. The van der Waals surface area contributed by atoms with Gasteiger partial charge >= 0.3 is 0 Å². The van der Waals surface area contributed by atoms with Crippen molar-refractivity contribution in [3.63, 3.8) is 0 Å². The molecule has 8 fully saturated rings. The Hall–Kier alpha value is -0.720. The van der Waals surface area contributed by atoms with E-state index in [4.69, 9.17) is 37.9 Å². The molecule has 63 heavy (non-hydrogen) atoms. The summed E-state index contributed by atoms with van der Waals surface area (Å²) in [6.45, 7) is 8.15. The average molecular weight is 905 g/mol. The number of rotatable bonds is 13. The minimum absolute atomic E-state index is 0.0359. The maximum absolute atomic E-state index is 11.1. The second-order valence-electron chi connectivity index (χ2n) is 21.2. The molecule has 18 heteroatoms. The molecule has 0 bridgehead atoms. The molecule has 0 aromatic rings. The first-order valence-electron chi connectivity index (χ1n) is 23.7. The van der Waals surface area contributed by atoms with Gasteiger partial charge in [-0.15, -0.1) is 0 Å². The molecule has 26 atom stereocenters. The zero-order valence-corrected chi connectivity index (χ0v) is 37.4. The molecule has 0 radical (unpaired) electrons. The first-order valence-corrected chi connectivity index (χ1v) is 23.7. The second kappa shape index (κ2) is 19.0. The molecule has 0 spiro atoms. The van der Waals surface area contributed by atoms with E-state index in [1.165, 1.54) is 0 Å². The Bertz CT molecular complexity index is 1530. The molecule has 0 aromatic heterocycles. The first-order chi connectivity index (χ1) is 29.9. The number of hydrogen-bond acceptors (Lipinski definition) is 18. The molecular weight excluding hydrogens is 828 g/mol. The van der Waals surface area contributed by atoms with E-state index in [1.807, 2.05) is 6.92 Å². The van der Waals surface area contributed by atoms with Gasteiger partial charge in [-0.05, 0) is 104 Å². The molecular formula is C45H76O18. The maximum Gasteiger partial charge on any atom is 0.187 e. The predicted octanol–water partition coefficient (Wildman–Crippen LogP) is -0.486. The summed E-state index contributed by atoms with van der Waals surface area (Å²) in [7, 11) is 1.74. The van der Waals surface area contributed by atoms with Crippen LogP contribution in [0.1, 0.15) is 91.9 Å². The Morgan fingerprint density at radius 1 is 0.698 bits per heavy atom. The van der Waals surface area contributed by atoms with Crippen LogP contribution in [0.4, 0.5) is 0 Å². The fourth-order valence-electron chi connectivity index (χ4n) is 14.2. The fourth-order valence-corrected chi connectivity index (χ4v) is 14.2. The highest BCUT2D eigenvalue weighted by atomic mass is 16.8. The zero-order chi connectivity index (χ0) is 45.3. The highest BCUT2D eigenvalue weighted by Crippen LogP contribution is 2.71. The van der Waals surface area contributed by atoms with Crippen molar-refractivity contribution in [3.8, 4) is 0 Å². The molecule has 8 aliphatic rings. The standard InChI is InChI=1S/C45H76O18/c1-20(18-57-40-38(55)35(52)33(50)29(16-46)60-40)8-13-45(56-5)21(2)31-28(63-45)15-26-24-7-6-22-14-23(9-11-43(22,3)25(24)10-12-44(26,31)4)59-42-39(36(53)34(51)30(17-47)61-42)62-41-37(54)32(49)27(48)19-58-41/h20-42,46-55H,6-19H2,1-5H3. The topological polar surface area (TPSA) is 276 Å². The monoisotopic (exact) mass is 905 g/mol. The maximum atomic E-state index is 11.1. The van der Waals surface area contributed by atoms with Crippen molar-refractivity contribution in [1.29, 1.82) is 0 Å². The molecule has 4 heterocycles. The molecule has 18 nitrogen and oxygen atoms in total. The van der Waals surface area contributed by atoms with Crippen LogP contribution >= 0.6 is 0 Å². The minimum Gasteiger partial charge on any atom is -0.394 e. The number of methoxy groups -OCH3 is 1. The highest BCUT2D eigenvalue weighted by Gasteiger charge is 2.69. The number of aliphatic hydroxyl groups is 10. The van der Waals surface area contributed by atoms with Crippen LogP contribution in [0.25, 0.3) is 0 Å². The van der Waals surface area contributed by atoms with Crippen molar-refractivity contribution in [1.82, 2.24) is 0 Å². The zero-order valence-electron chi connectivity index (χ0n) is 37.4. The second-order valence-corrected chi connectivity index (χ2v) is 21.2. The lowest BCUT2D eigenvalue weighted by molar-refractivity contribution is -0.364. The normalized spacial score (nSPS) is 55.1. The molecule has 4 aliphatic heterocycles. The summed E-state index contributed by atoms with van der Waals surface area (Å²) in [6.07, 6.45) is -10.1. The van der Waals surface area contributed by atoms with Gasteiger partial charge in [-0.1, -0.05) is 27.7 Å². The average Bonchev–Trinajstić information content (AvgIpc) is 3.73. The molecule has 10 N–H and O–H groups in total. The van der Waals surface area contributed by atoms with E-state index in [0.29, 0.717) is 36.0 Å². The number of fused-ring (bicyclic) bond motifs is 7. The van der Waals surface area contributed by atoms with Gasteiger partial charge in [0.2, 0.25) is 0 Å². The summed E-state index contributed by atoms with van der Waals surface area (Å²) in [6, 6.07) is 0. The van der Waals surface area contributed by atoms with Crippen molar-refractivity contribution in [2.45, 2.75) is 196 Å². The van der Waals surface area contributed by atoms with Gasteiger partial charge in [0.15, 0.2) is 24.7 Å². The summed E-state index contributed by atoms with van der Waals surface area (Å²) in [5.74, 6) is 1.81. The van der Waals surface area contributed by atoms with E-state index in [2.05, 4.69) is 20.8 Å². The predicted molar refractivity (Wildman–Crippen MR) is 218 cm³/mol. The third-order valence-corrected chi connectivity index (χ3v) is 17.9. The third-order valence-electron chi connectivity index (χ3n) is 17.9. The van der Waals surface area contributed by atoms with Gasteiger partial charge in [-0.2, -0.15) is 0 Å². The summed E-state index contributed by atoms with van der Waals surface area (Å²) in [5, 5.41) is 103.